The zero-order chi connectivity index (χ0) is 27.4. The average molecular weight is 538 g/mol. The first kappa shape index (κ1) is 27.0. The number of carbonyl (C=O) groups is 1. The molecule has 0 bridgehead atoms. The summed E-state index contributed by atoms with van der Waals surface area (Å²) >= 11 is 0. The number of para-hydroxylation sites is 1. The van der Waals surface area contributed by atoms with Crippen molar-refractivity contribution in [2.45, 2.75) is 31.0 Å². The number of aliphatic hydroxyl groups is 1. The number of rotatable bonds is 6. The van der Waals surface area contributed by atoms with Gasteiger partial charge in [0, 0.05) is 36.8 Å². The lowest BCUT2D eigenvalue weighted by atomic mass is 9.89. The lowest BCUT2D eigenvalue weighted by Crippen LogP contribution is -2.41. The van der Waals surface area contributed by atoms with Gasteiger partial charge in [-0.1, -0.05) is 12.1 Å². The van der Waals surface area contributed by atoms with E-state index in [2.05, 4.69) is 20.3 Å². The number of nitrogens with zero attached hydrogens (tertiary/aromatic N) is 4. The van der Waals surface area contributed by atoms with Crippen LogP contribution in [0.4, 0.5) is 38.4 Å². The van der Waals surface area contributed by atoms with Crippen LogP contribution in [0, 0.1) is 11.6 Å². The number of piperidine rings is 1. The molecule has 1 aromatic carbocycles. The van der Waals surface area contributed by atoms with Crippen molar-refractivity contribution in [2.75, 3.05) is 30.7 Å². The van der Waals surface area contributed by atoms with Gasteiger partial charge in [0.2, 0.25) is 11.8 Å². The van der Waals surface area contributed by atoms with Gasteiger partial charge in [0.1, 0.15) is 35.7 Å². The van der Waals surface area contributed by atoms with Gasteiger partial charge in [-0.3, -0.25) is 0 Å². The normalized spacial score (nSPS) is 15.3. The molecule has 1 saturated heterocycles. The van der Waals surface area contributed by atoms with Gasteiger partial charge in [-0.15, -0.1) is 0 Å². The number of alkyl halides is 3. The van der Waals surface area contributed by atoms with Crippen molar-refractivity contribution >= 4 is 17.7 Å². The van der Waals surface area contributed by atoms with Gasteiger partial charge in [0.15, 0.2) is 0 Å². The summed E-state index contributed by atoms with van der Waals surface area (Å²) in [4.78, 5) is 25.5. The van der Waals surface area contributed by atoms with E-state index in [1.54, 1.807) is 0 Å². The molecule has 0 saturated carbocycles. The van der Waals surface area contributed by atoms with E-state index < -0.39 is 47.9 Å². The minimum Gasteiger partial charge on any atom is -0.475 e. The largest absolute Gasteiger partial charge is 0.475 e. The lowest BCUT2D eigenvalue weighted by molar-refractivity contribution is -0.141. The number of carbonyl (C=O) groups excluding carboxylic acids is 1. The smallest absolute Gasteiger partial charge is 0.433 e. The highest BCUT2D eigenvalue weighted by Gasteiger charge is 2.33. The van der Waals surface area contributed by atoms with E-state index in [9.17, 15) is 31.9 Å². The third-order valence-electron chi connectivity index (χ3n) is 5.99. The molecule has 2 amide bonds. The second-order valence-electron chi connectivity index (χ2n) is 8.54. The molecule has 4 rings (SSSR count). The van der Waals surface area contributed by atoms with Gasteiger partial charge in [-0.05, 0) is 31.0 Å². The topological polar surface area (TPSA) is 126 Å². The highest BCUT2D eigenvalue weighted by atomic mass is 19.4. The Hall–Kier alpha value is -4.07. The van der Waals surface area contributed by atoms with Crippen LogP contribution >= 0.6 is 0 Å². The summed E-state index contributed by atoms with van der Waals surface area (Å²) in [6.45, 7) is 0.0113. The van der Waals surface area contributed by atoms with E-state index in [4.69, 9.17) is 10.5 Å². The Labute approximate surface area is 213 Å². The van der Waals surface area contributed by atoms with Crippen molar-refractivity contribution < 1.29 is 36.6 Å². The number of pyridine rings is 1. The Kier molecular flexibility index (Phi) is 7.90. The summed E-state index contributed by atoms with van der Waals surface area (Å²) in [5.41, 5.74) is 4.76. The number of hydrogen-bond acceptors (Lipinski definition) is 7. The molecular formula is C24H23F5N6O3. The first-order valence-electron chi connectivity index (χ1n) is 11.5. The Morgan fingerprint density at radius 3 is 2.45 bits per heavy atom. The number of aromatic nitrogens is 3. The maximum Gasteiger partial charge on any atom is 0.433 e. The molecule has 0 spiro atoms. The zero-order valence-corrected chi connectivity index (χ0v) is 19.8. The van der Waals surface area contributed by atoms with Crippen LogP contribution in [-0.4, -0.2) is 50.7 Å². The molecule has 1 aliphatic rings. The van der Waals surface area contributed by atoms with Crippen LogP contribution in [0.25, 0.3) is 0 Å². The summed E-state index contributed by atoms with van der Waals surface area (Å²) in [5, 5.41) is 13.0. The molecule has 3 heterocycles. The molecule has 3 aromatic rings. The molecule has 14 heteroatoms. The number of hydrogen-bond donors (Lipinski definition) is 3. The number of urea groups is 1. The fraction of sp³-hybridized carbons (Fsp3) is 0.333. The van der Waals surface area contributed by atoms with Gasteiger partial charge in [0.05, 0.1) is 5.69 Å². The van der Waals surface area contributed by atoms with E-state index in [1.165, 1.54) is 23.2 Å². The number of amides is 2. The van der Waals surface area contributed by atoms with Gasteiger partial charge >= 0.3 is 12.2 Å². The van der Waals surface area contributed by atoms with Crippen molar-refractivity contribution in [3.8, 4) is 5.88 Å². The predicted octanol–water partition coefficient (Wildman–Crippen LogP) is 4.27. The molecule has 202 valence electrons. The lowest BCUT2D eigenvalue weighted by Gasteiger charge is -2.33. The highest BCUT2D eigenvalue weighted by Crippen LogP contribution is 2.33. The summed E-state index contributed by atoms with van der Waals surface area (Å²) in [7, 11) is 0. The molecule has 1 aliphatic heterocycles. The number of likely N-dealkylation sites (tertiary alicyclic amines) is 1. The van der Waals surface area contributed by atoms with Crippen molar-refractivity contribution in [2.24, 2.45) is 0 Å². The van der Waals surface area contributed by atoms with E-state index in [0.717, 1.165) is 24.3 Å². The van der Waals surface area contributed by atoms with Gasteiger partial charge in [-0.2, -0.15) is 13.2 Å². The summed E-state index contributed by atoms with van der Waals surface area (Å²) in [6.07, 6.45) is -3.87. The van der Waals surface area contributed by atoms with Crippen molar-refractivity contribution in [1.82, 2.24) is 19.9 Å². The van der Waals surface area contributed by atoms with Crippen LogP contribution in [0.1, 0.15) is 41.8 Å². The van der Waals surface area contributed by atoms with E-state index in [-0.39, 0.29) is 36.4 Å². The second kappa shape index (κ2) is 11.1. The minimum atomic E-state index is -4.65. The van der Waals surface area contributed by atoms with Crippen LogP contribution in [0.3, 0.4) is 0 Å². The Balaban J connectivity index is 1.41. The first-order chi connectivity index (χ1) is 18.0. The maximum atomic E-state index is 13.9. The van der Waals surface area contributed by atoms with Crippen molar-refractivity contribution in [1.29, 1.82) is 0 Å². The third kappa shape index (κ3) is 6.25. The van der Waals surface area contributed by atoms with Gasteiger partial charge < -0.3 is 25.8 Å². The van der Waals surface area contributed by atoms with Gasteiger partial charge in [-0.25, -0.2) is 28.5 Å². The zero-order valence-electron chi connectivity index (χ0n) is 19.8. The second-order valence-corrected chi connectivity index (χ2v) is 8.54. The first-order valence-corrected chi connectivity index (χ1v) is 11.5. The number of ether oxygens (including phenoxy) is 1. The molecule has 4 N–H and O–H groups in total. The molecule has 1 unspecified atom stereocenters. The van der Waals surface area contributed by atoms with Crippen LogP contribution < -0.4 is 15.8 Å². The number of anilines is 2. The molecule has 1 fully saturated rings. The standard InChI is InChI=1S/C24H23F5N6O3/c25-15-3-1-4-16(26)21(15)34-23(37)35-9-7-13(8-10-35)20-14(11-31-22(30)33-20)17(36)12-38-19-6-2-5-18(32-19)24(27,28)29/h1-6,11,13,17,36H,7-10,12H2,(H,34,37)(H2,30,31,33). The van der Waals surface area contributed by atoms with E-state index >= 15 is 0 Å². The molecule has 1 atom stereocenters. The molecule has 9 nitrogen and oxygen atoms in total. The number of nitrogens with two attached hydrogens (primary N) is 1. The molecule has 2 aromatic heterocycles. The SMILES string of the molecule is Nc1ncc(C(O)COc2cccc(C(F)(F)F)n2)c(C2CCN(C(=O)Nc3c(F)cccc3F)CC2)n1. The summed E-state index contributed by atoms with van der Waals surface area (Å²) in [5.74, 6) is -2.42. The number of benzene rings is 1. The number of nitrogen functional groups attached to an aromatic ring is 1. The Bertz CT molecular complexity index is 1280. The molecule has 0 aliphatic carbocycles. The number of aliphatic hydroxyl groups excluding tert-OH is 1. The highest BCUT2D eigenvalue weighted by molar-refractivity contribution is 5.89. The monoisotopic (exact) mass is 538 g/mol. The van der Waals surface area contributed by atoms with Crippen LogP contribution in [-0.2, 0) is 6.18 Å². The van der Waals surface area contributed by atoms with Gasteiger partial charge in [0.25, 0.3) is 0 Å². The third-order valence-corrected chi connectivity index (χ3v) is 5.99. The minimum absolute atomic E-state index is 0.0494. The quantitative estimate of drug-likeness (QED) is 0.400. The van der Waals surface area contributed by atoms with Crippen LogP contribution in [0.15, 0.2) is 42.6 Å². The molecule has 0 radical (unpaired) electrons. The summed E-state index contributed by atoms with van der Waals surface area (Å²) in [6, 6.07) is 5.75. The summed E-state index contributed by atoms with van der Waals surface area (Å²) < 4.78 is 71.7. The Morgan fingerprint density at radius 1 is 1.13 bits per heavy atom. The van der Waals surface area contributed by atoms with Crippen LogP contribution in [0.5, 0.6) is 5.88 Å². The average Bonchev–Trinajstić information content (AvgIpc) is 2.89. The predicted molar refractivity (Wildman–Crippen MR) is 125 cm³/mol. The maximum absolute atomic E-state index is 13.9. The fourth-order valence-electron chi connectivity index (χ4n) is 4.07. The molecular weight excluding hydrogens is 515 g/mol. The van der Waals surface area contributed by atoms with Crippen LogP contribution in [0.2, 0.25) is 0 Å². The van der Waals surface area contributed by atoms with Crippen molar-refractivity contribution in [3.63, 3.8) is 0 Å². The van der Waals surface area contributed by atoms with E-state index in [0.29, 0.717) is 18.5 Å². The Morgan fingerprint density at radius 2 is 1.79 bits per heavy atom. The number of halogens is 5. The fourth-order valence-corrected chi connectivity index (χ4v) is 4.07. The van der Waals surface area contributed by atoms with Crippen molar-refractivity contribution in [3.05, 3.63) is 71.2 Å². The number of nitrogens with one attached hydrogen (secondary N) is 1. The molecule has 38 heavy (non-hydrogen) atoms. The van der Waals surface area contributed by atoms with E-state index in [1.807, 2.05) is 0 Å².